The van der Waals surface area contributed by atoms with Gasteiger partial charge in [0.1, 0.15) is 6.04 Å². The molecule has 1 aromatic carbocycles. The van der Waals surface area contributed by atoms with E-state index in [-0.39, 0.29) is 18.1 Å². The van der Waals surface area contributed by atoms with Crippen LogP contribution in [0.4, 0.5) is 0 Å². The predicted molar refractivity (Wildman–Crippen MR) is 103 cm³/mol. The number of aryl methyl sites for hydroxylation is 1. The molecule has 0 saturated carbocycles. The fourth-order valence-corrected chi connectivity index (χ4v) is 4.25. The van der Waals surface area contributed by atoms with E-state index in [4.69, 9.17) is 4.74 Å². The summed E-state index contributed by atoms with van der Waals surface area (Å²) < 4.78 is 5.55. The van der Waals surface area contributed by atoms with Gasteiger partial charge in [0.2, 0.25) is 0 Å². The van der Waals surface area contributed by atoms with Gasteiger partial charge in [-0.15, -0.1) is 0 Å². The summed E-state index contributed by atoms with van der Waals surface area (Å²) in [5.74, 6) is -0.179. The van der Waals surface area contributed by atoms with E-state index in [2.05, 4.69) is 71.7 Å². The van der Waals surface area contributed by atoms with Gasteiger partial charge >= 0.3 is 5.97 Å². The van der Waals surface area contributed by atoms with Gasteiger partial charge in [0.15, 0.2) is 0 Å². The summed E-state index contributed by atoms with van der Waals surface area (Å²) in [5, 5.41) is 0. The Labute approximate surface area is 153 Å². The highest BCUT2D eigenvalue weighted by atomic mass is 127. The third kappa shape index (κ3) is 4.28. The number of hydrogen-bond acceptors (Lipinski definition) is 3. The van der Waals surface area contributed by atoms with Gasteiger partial charge in [0, 0.05) is 9.62 Å². The van der Waals surface area contributed by atoms with E-state index >= 15 is 0 Å². The number of carbonyl (C=O) groups excluding carboxylic acids is 1. The molecule has 126 valence electrons. The van der Waals surface area contributed by atoms with Crippen LogP contribution in [-0.2, 0) is 9.53 Å². The molecule has 0 radical (unpaired) electrons. The molecule has 0 aromatic heterocycles. The van der Waals surface area contributed by atoms with Crippen molar-refractivity contribution in [3.63, 3.8) is 0 Å². The number of benzene rings is 1. The molecule has 0 aliphatic heterocycles. The topological polar surface area (TPSA) is 29.5 Å². The molecule has 0 heterocycles. The van der Waals surface area contributed by atoms with Gasteiger partial charge in [-0.3, -0.25) is 0 Å². The molecular formula is C19H26INO2. The van der Waals surface area contributed by atoms with E-state index in [1.807, 2.05) is 6.92 Å². The summed E-state index contributed by atoms with van der Waals surface area (Å²) in [6, 6.07) is 8.25. The second kappa shape index (κ2) is 8.18. The fraction of sp³-hybridized carbons (Fsp3) is 0.526. The van der Waals surface area contributed by atoms with E-state index in [1.54, 1.807) is 0 Å². The molecule has 1 aromatic rings. The fourth-order valence-electron chi connectivity index (χ4n) is 3.39. The molecule has 23 heavy (non-hydrogen) atoms. The van der Waals surface area contributed by atoms with Gasteiger partial charge in [-0.1, -0.05) is 52.9 Å². The third-order valence-electron chi connectivity index (χ3n) is 4.63. The Balaban J connectivity index is 2.40. The summed E-state index contributed by atoms with van der Waals surface area (Å²) in [4.78, 5) is 14.5. The second-order valence-corrected chi connectivity index (χ2v) is 7.81. The Morgan fingerprint density at radius 1 is 1.35 bits per heavy atom. The zero-order chi connectivity index (χ0) is 17.0. The number of carbonyl (C=O) groups is 1. The first-order valence-electron chi connectivity index (χ1n) is 8.22. The van der Waals surface area contributed by atoms with Crippen molar-refractivity contribution in [2.45, 2.75) is 56.0 Å². The number of rotatable bonds is 5. The van der Waals surface area contributed by atoms with Crippen molar-refractivity contribution in [2.24, 2.45) is 0 Å². The number of alkyl halides is 1. The lowest BCUT2D eigenvalue weighted by Gasteiger charge is -2.39. The Kier molecular flexibility index (Phi) is 6.50. The van der Waals surface area contributed by atoms with Crippen molar-refractivity contribution >= 4 is 28.6 Å². The van der Waals surface area contributed by atoms with Gasteiger partial charge in [0.05, 0.1) is 13.2 Å². The Morgan fingerprint density at radius 3 is 2.65 bits per heavy atom. The van der Waals surface area contributed by atoms with Crippen molar-refractivity contribution in [3.05, 3.63) is 47.2 Å². The number of halogens is 1. The minimum absolute atomic E-state index is 0.137. The van der Waals surface area contributed by atoms with Crippen LogP contribution < -0.4 is 0 Å². The van der Waals surface area contributed by atoms with E-state index in [9.17, 15) is 4.79 Å². The van der Waals surface area contributed by atoms with Crippen LogP contribution in [0.1, 0.15) is 50.3 Å². The number of methoxy groups -OCH3 is 1. The van der Waals surface area contributed by atoms with Crippen LogP contribution in [0.3, 0.4) is 0 Å². The first kappa shape index (κ1) is 18.3. The number of hydrogen-bond donors (Lipinski definition) is 0. The Bertz CT molecular complexity index is 584. The second-order valence-electron chi connectivity index (χ2n) is 6.21. The molecule has 3 nitrogen and oxygen atoms in total. The molecule has 0 spiro atoms. The van der Waals surface area contributed by atoms with Crippen LogP contribution in [0.5, 0.6) is 0 Å². The van der Waals surface area contributed by atoms with E-state index in [0.29, 0.717) is 3.92 Å². The lowest BCUT2D eigenvalue weighted by molar-refractivity contribution is -0.146. The predicted octanol–water partition coefficient (Wildman–Crippen LogP) is 4.79. The van der Waals surface area contributed by atoms with E-state index < -0.39 is 0 Å². The monoisotopic (exact) mass is 427 g/mol. The summed E-state index contributed by atoms with van der Waals surface area (Å²) in [6.07, 6.45) is 5.73. The molecule has 3 atom stereocenters. The van der Waals surface area contributed by atoms with Crippen LogP contribution in [0.25, 0.3) is 0 Å². The minimum Gasteiger partial charge on any atom is -0.467 e. The number of ether oxygens (including phenoxy) is 1. The van der Waals surface area contributed by atoms with Crippen LogP contribution in [0.15, 0.2) is 36.0 Å². The molecule has 4 heteroatoms. The van der Waals surface area contributed by atoms with E-state index in [0.717, 1.165) is 6.42 Å². The van der Waals surface area contributed by atoms with Gasteiger partial charge in [-0.2, -0.15) is 0 Å². The van der Waals surface area contributed by atoms with Crippen LogP contribution in [-0.4, -0.2) is 27.9 Å². The minimum atomic E-state index is -0.289. The quantitative estimate of drug-likeness (QED) is 0.385. The Hall–Kier alpha value is -1.04. The molecule has 0 fully saturated rings. The van der Waals surface area contributed by atoms with Crippen molar-refractivity contribution in [1.82, 2.24) is 4.90 Å². The molecule has 1 aliphatic rings. The largest absolute Gasteiger partial charge is 0.467 e. The first-order chi connectivity index (χ1) is 11.0. The van der Waals surface area contributed by atoms with Crippen molar-refractivity contribution in [3.8, 4) is 0 Å². The van der Waals surface area contributed by atoms with Gasteiger partial charge < -0.3 is 9.64 Å². The van der Waals surface area contributed by atoms with Gasteiger partial charge in [-0.25, -0.2) is 4.79 Å². The standard InChI is InChI=1S/C19H26INO2/c1-13-8-5-6-11-18(13)14(2)21(15(3)19(22)23-4)17-10-7-9-16(20)12-17/h5-6,8,11-12,14-16H,7,9-10H2,1-4H3/t14-,15+,16?/m1/s1. The van der Waals surface area contributed by atoms with Gasteiger partial charge in [0.25, 0.3) is 0 Å². The average molecular weight is 427 g/mol. The SMILES string of the molecule is COC(=O)[C@H](C)N(C1=CC(I)CCC1)[C@H](C)c1ccccc1C. The van der Waals surface area contributed by atoms with Crippen molar-refractivity contribution in [2.75, 3.05) is 7.11 Å². The normalized spacial score (nSPS) is 20.4. The van der Waals surface area contributed by atoms with Crippen LogP contribution >= 0.6 is 22.6 Å². The molecule has 0 N–H and O–H groups in total. The molecular weight excluding hydrogens is 401 g/mol. The maximum atomic E-state index is 12.2. The highest BCUT2D eigenvalue weighted by molar-refractivity contribution is 14.1. The summed E-state index contributed by atoms with van der Waals surface area (Å²) in [5.41, 5.74) is 3.79. The number of allylic oxidation sites excluding steroid dienone is 2. The Morgan fingerprint density at radius 2 is 2.04 bits per heavy atom. The lowest BCUT2D eigenvalue weighted by atomic mass is 9.96. The lowest BCUT2D eigenvalue weighted by Crippen LogP contribution is -2.41. The number of nitrogens with zero attached hydrogens (tertiary/aromatic N) is 1. The highest BCUT2D eigenvalue weighted by Crippen LogP contribution is 2.34. The zero-order valence-electron chi connectivity index (χ0n) is 14.4. The molecule has 2 rings (SSSR count). The maximum Gasteiger partial charge on any atom is 0.328 e. The van der Waals surface area contributed by atoms with Gasteiger partial charge in [-0.05, 0) is 51.2 Å². The molecule has 1 unspecified atom stereocenters. The van der Waals surface area contributed by atoms with Crippen molar-refractivity contribution < 1.29 is 9.53 Å². The summed E-state index contributed by atoms with van der Waals surface area (Å²) in [6.45, 7) is 6.25. The molecule has 1 aliphatic carbocycles. The van der Waals surface area contributed by atoms with Crippen LogP contribution in [0, 0.1) is 6.92 Å². The van der Waals surface area contributed by atoms with E-state index in [1.165, 1.54) is 36.8 Å². The first-order valence-corrected chi connectivity index (χ1v) is 9.46. The number of esters is 1. The zero-order valence-corrected chi connectivity index (χ0v) is 16.5. The molecule has 0 saturated heterocycles. The highest BCUT2D eigenvalue weighted by Gasteiger charge is 2.30. The summed E-state index contributed by atoms with van der Waals surface area (Å²) >= 11 is 2.48. The maximum absolute atomic E-state index is 12.2. The smallest absolute Gasteiger partial charge is 0.328 e. The van der Waals surface area contributed by atoms with Crippen LogP contribution in [0.2, 0.25) is 0 Å². The average Bonchev–Trinajstić information content (AvgIpc) is 2.54. The molecule has 0 bridgehead atoms. The summed E-state index contributed by atoms with van der Waals surface area (Å²) in [7, 11) is 1.46. The van der Waals surface area contributed by atoms with Crippen molar-refractivity contribution in [1.29, 1.82) is 0 Å². The third-order valence-corrected chi connectivity index (χ3v) is 5.62. The molecule has 0 amide bonds.